The van der Waals surface area contributed by atoms with Gasteiger partial charge in [0.15, 0.2) is 6.61 Å². The highest BCUT2D eigenvalue weighted by Crippen LogP contribution is 2.22. The lowest BCUT2D eigenvalue weighted by Gasteiger charge is -2.23. The largest absolute Gasteiger partial charge is 0.452 e. The molecular weight excluding hydrogens is 316 g/mol. The molecule has 1 aromatic carbocycles. The molecule has 0 bridgehead atoms. The van der Waals surface area contributed by atoms with E-state index in [0.717, 1.165) is 12.0 Å². The average Bonchev–Trinajstić information content (AvgIpc) is 2.64. The summed E-state index contributed by atoms with van der Waals surface area (Å²) < 4.78 is 5.05. The monoisotopic (exact) mass is 340 g/mol. The molecule has 1 N–H and O–H groups in total. The van der Waals surface area contributed by atoms with Crippen LogP contribution in [0.15, 0.2) is 48.8 Å². The smallest absolute Gasteiger partial charge is 0.340 e. The van der Waals surface area contributed by atoms with E-state index in [2.05, 4.69) is 29.4 Å². The lowest BCUT2D eigenvalue weighted by molar-refractivity contribution is -0.125. The Labute approximate surface area is 148 Å². The first-order valence-electron chi connectivity index (χ1n) is 8.46. The van der Waals surface area contributed by atoms with E-state index >= 15 is 0 Å². The molecule has 0 aliphatic rings. The predicted octanol–water partition coefficient (Wildman–Crippen LogP) is 3.31. The fourth-order valence-corrected chi connectivity index (χ4v) is 2.51. The van der Waals surface area contributed by atoms with Gasteiger partial charge in [-0.25, -0.2) is 4.79 Å². The van der Waals surface area contributed by atoms with Crippen molar-refractivity contribution in [2.75, 3.05) is 6.61 Å². The molecule has 2 rings (SSSR count). The van der Waals surface area contributed by atoms with Crippen LogP contribution in [0.25, 0.3) is 0 Å². The quantitative estimate of drug-likeness (QED) is 0.785. The fourth-order valence-electron chi connectivity index (χ4n) is 2.51. The van der Waals surface area contributed by atoms with Crippen molar-refractivity contribution in [1.82, 2.24) is 10.3 Å². The van der Waals surface area contributed by atoms with Crippen LogP contribution in [0.5, 0.6) is 0 Å². The number of hydrogen-bond acceptors (Lipinski definition) is 4. The zero-order chi connectivity index (χ0) is 18.2. The van der Waals surface area contributed by atoms with Crippen LogP contribution in [-0.4, -0.2) is 23.5 Å². The Kier molecular flexibility index (Phi) is 6.69. The van der Waals surface area contributed by atoms with Crippen LogP contribution < -0.4 is 5.32 Å². The van der Waals surface area contributed by atoms with Gasteiger partial charge in [-0.05, 0) is 35.6 Å². The van der Waals surface area contributed by atoms with Crippen molar-refractivity contribution in [1.29, 1.82) is 0 Å². The number of carbonyl (C=O) groups is 2. The third-order valence-corrected chi connectivity index (χ3v) is 3.96. The number of nitrogens with one attached hydrogen (secondary N) is 1. The molecule has 0 aliphatic heterocycles. The molecular formula is C20H24N2O3. The van der Waals surface area contributed by atoms with E-state index in [9.17, 15) is 9.59 Å². The molecule has 0 aliphatic carbocycles. The maximum atomic E-state index is 12.2. The Bertz CT molecular complexity index is 697. The summed E-state index contributed by atoms with van der Waals surface area (Å²) in [5, 5.41) is 2.95. The molecule has 2 aromatic rings. The zero-order valence-electron chi connectivity index (χ0n) is 14.9. The van der Waals surface area contributed by atoms with E-state index in [1.807, 2.05) is 26.0 Å². The fraction of sp³-hybridized carbons (Fsp3) is 0.350. The Balaban J connectivity index is 1.94. The third-order valence-electron chi connectivity index (χ3n) is 3.96. The van der Waals surface area contributed by atoms with Crippen molar-refractivity contribution < 1.29 is 14.3 Å². The predicted molar refractivity (Wildman–Crippen MR) is 96.1 cm³/mol. The Morgan fingerprint density at radius 2 is 1.88 bits per heavy atom. The minimum absolute atomic E-state index is 0.129. The van der Waals surface area contributed by atoms with Gasteiger partial charge in [0, 0.05) is 12.4 Å². The number of nitrogens with zero attached hydrogens (tertiary/aromatic N) is 1. The molecule has 1 atom stereocenters. The van der Waals surface area contributed by atoms with Crippen LogP contribution in [0, 0.1) is 5.92 Å². The van der Waals surface area contributed by atoms with E-state index in [0.29, 0.717) is 5.56 Å². The number of carbonyl (C=O) groups excluding carboxylic acids is 2. The van der Waals surface area contributed by atoms with E-state index in [-0.39, 0.29) is 24.5 Å². The summed E-state index contributed by atoms with van der Waals surface area (Å²) >= 11 is 0. The molecule has 25 heavy (non-hydrogen) atoms. The maximum Gasteiger partial charge on any atom is 0.340 e. The third kappa shape index (κ3) is 5.41. The topological polar surface area (TPSA) is 68.3 Å². The van der Waals surface area contributed by atoms with Gasteiger partial charge in [-0.1, -0.05) is 45.0 Å². The van der Waals surface area contributed by atoms with E-state index < -0.39 is 5.97 Å². The highest BCUT2D eigenvalue weighted by atomic mass is 16.5. The molecule has 1 amide bonds. The van der Waals surface area contributed by atoms with Crippen LogP contribution in [0.4, 0.5) is 0 Å². The van der Waals surface area contributed by atoms with Gasteiger partial charge in [-0.2, -0.15) is 0 Å². The van der Waals surface area contributed by atoms with Crippen molar-refractivity contribution >= 4 is 11.9 Å². The lowest BCUT2D eigenvalue weighted by Crippen LogP contribution is -2.35. The molecule has 5 heteroatoms. The van der Waals surface area contributed by atoms with Gasteiger partial charge in [0.1, 0.15) is 0 Å². The number of pyridine rings is 1. The molecule has 5 nitrogen and oxygen atoms in total. The van der Waals surface area contributed by atoms with E-state index in [1.165, 1.54) is 11.8 Å². The highest BCUT2D eigenvalue weighted by molar-refractivity contribution is 5.91. The molecule has 0 radical (unpaired) electrons. The summed E-state index contributed by atoms with van der Waals surface area (Å²) in [7, 11) is 0. The van der Waals surface area contributed by atoms with Crippen LogP contribution in [0.1, 0.15) is 48.3 Å². The summed E-state index contributed by atoms with van der Waals surface area (Å²) in [6, 6.07) is 11.3. The lowest BCUT2D eigenvalue weighted by atomic mass is 9.95. The second-order valence-corrected chi connectivity index (χ2v) is 6.20. The van der Waals surface area contributed by atoms with Crippen molar-refractivity contribution in [2.24, 2.45) is 5.92 Å². The highest BCUT2D eigenvalue weighted by Gasteiger charge is 2.19. The minimum atomic E-state index is -0.559. The van der Waals surface area contributed by atoms with Gasteiger partial charge in [0.05, 0.1) is 11.6 Å². The second kappa shape index (κ2) is 8.97. The Hall–Kier alpha value is -2.69. The van der Waals surface area contributed by atoms with Gasteiger partial charge >= 0.3 is 5.97 Å². The molecule has 0 fully saturated rings. The first-order chi connectivity index (χ1) is 12.0. The SMILES string of the molecule is CCc1ccc([C@@H](NC(=O)COC(=O)c2cccnc2)C(C)C)cc1. The van der Waals surface area contributed by atoms with Crippen LogP contribution in [0.3, 0.4) is 0 Å². The van der Waals surface area contributed by atoms with Crippen molar-refractivity contribution in [2.45, 2.75) is 33.2 Å². The van der Waals surface area contributed by atoms with Crippen LogP contribution in [0.2, 0.25) is 0 Å². The molecule has 1 aromatic heterocycles. The Morgan fingerprint density at radius 1 is 1.16 bits per heavy atom. The summed E-state index contributed by atoms with van der Waals surface area (Å²) in [5.74, 6) is -0.669. The number of rotatable bonds is 7. The van der Waals surface area contributed by atoms with E-state index in [1.54, 1.807) is 18.3 Å². The zero-order valence-corrected chi connectivity index (χ0v) is 14.9. The average molecular weight is 340 g/mol. The van der Waals surface area contributed by atoms with Gasteiger partial charge in [-0.15, -0.1) is 0 Å². The first-order valence-corrected chi connectivity index (χ1v) is 8.46. The number of hydrogen-bond donors (Lipinski definition) is 1. The molecule has 1 heterocycles. The van der Waals surface area contributed by atoms with Crippen LogP contribution >= 0.6 is 0 Å². The molecule has 0 saturated carbocycles. The number of amides is 1. The van der Waals surface area contributed by atoms with Crippen molar-refractivity contribution in [3.05, 3.63) is 65.5 Å². The second-order valence-electron chi connectivity index (χ2n) is 6.20. The standard InChI is InChI=1S/C20H24N2O3/c1-4-15-7-9-16(10-8-15)19(14(2)3)22-18(23)13-25-20(24)17-6-5-11-21-12-17/h5-12,14,19H,4,13H2,1-3H3,(H,22,23)/t19-/m0/s1. The molecule has 0 spiro atoms. The first kappa shape index (κ1) is 18.6. The summed E-state index contributed by atoms with van der Waals surface area (Å²) in [5.41, 5.74) is 2.62. The van der Waals surface area contributed by atoms with E-state index in [4.69, 9.17) is 4.74 Å². The van der Waals surface area contributed by atoms with Gasteiger partial charge in [0.2, 0.25) is 0 Å². The molecule has 0 saturated heterocycles. The minimum Gasteiger partial charge on any atom is -0.452 e. The normalized spacial score (nSPS) is 11.8. The van der Waals surface area contributed by atoms with Gasteiger partial charge in [0.25, 0.3) is 5.91 Å². The van der Waals surface area contributed by atoms with Crippen molar-refractivity contribution in [3.63, 3.8) is 0 Å². The summed E-state index contributed by atoms with van der Waals surface area (Å²) in [6.07, 6.45) is 3.95. The summed E-state index contributed by atoms with van der Waals surface area (Å²) in [6.45, 7) is 5.87. The molecule has 132 valence electrons. The number of ether oxygens (including phenoxy) is 1. The van der Waals surface area contributed by atoms with Crippen molar-refractivity contribution in [3.8, 4) is 0 Å². The molecule has 0 unspecified atom stereocenters. The maximum absolute atomic E-state index is 12.2. The Morgan fingerprint density at radius 3 is 2.44 bits per heavy atom. The van der Waals surface area contributed by atoms with Gasteiger partial charge < -0.3 is 10.1 Å². The summed E-state index contributed by atoms with van der Waals surface area (Å²) in [4.78, 5) is 27.9. The number of benzene rings is 1. The number of esters is 1. The van der Waals surface area contributed by atoms with Crippen LogP contribution in [-0.2, 0) is 16.0 Å². The number of aromatic nitrogens is 1. The van der Waals surface area contributed by atoms with Gasteiger partial charge in [-0.3, -0.25) is 9.78 Å². The number of aryl methyl sites for hydroxylation is 1.